The molecule has 0 aliphatic carbocycles. The summed E-state index contributed by atoms with van der Waals surface area (Å²) in [7, 11) is -1.56. The summed E-state index contributed by atoms with van der Waals surface area (Å²) < 4.78 is 27.4. The zero-order valence-electron chi connectivity index (χ0n) is 12.0. The summed E-state index contributed by atoms with van der Waals surface area (Å²) >= 11 is 0. The third-order valence-corrected chi connectivity index (χ3v) is 5.04. The van der Waals surface area contributed by atoms with E-state index < -0.39 is 15.8 Å². The van der Waals surface area contributed by atoms with Crippen LogP contribution in [-0.4, -0.2) is 38.0 Å². The van der Waals surface area contributed by atoms with Crippen LogP contribution in [0.2, 0.25) is 0 Å². The second-order valence-electron chi connectivity index (χ2n) is 5.07. The Bertz CT molecular complexity index is 699. The van der Waals surface area contributed by atoms with Crippen LogP contribution in [0, 0.1) is 24.7 Å². The highest BCUT2D eigenvalue weighted by Crippen LogP contribution is 2.18. The first-order chi connectivity index (χ1) is 9.89. The second kappa shape index (κ2) is 6.27. The molecule has 6 heteroatoms. The van der Waals surface area contributed by atoms with E-state index in [4.69, 9.17) is 0 Å². The Morgan fingerprint density at radius 3 is 2.62 bits per heavy atom. The number of rotatable bonds is 1. The quantitative estimate of drug-likeness (QED) is 0.578. The molecule has 1 fully saturated rings. The first-order valence-corrected chi connectivity index (χ1v) is 8.51. The summed E-state index contributed by atoms with van der Waals surface area (Å²) in [6, 6.07) is 3.38. The molecule has 1 aromatic heterocycles. The smallest absolute Gasteiger partial charge is 0.356 e. The molecule has 0 saturated carbocycles. The van der Waals surface area contributed by atoms with Crippen LogP contribution in [-0.2, 0) is 14.6 Å². The minimum atomic E-state index is -2.87. The lowest BCUT2D eigenvalue weighted by molar-refractivity contribution is 0.0593. The van der Waals surface area contributed by atoms with Crippen LogP contribution in [0.15, 0.2) is 12.1 Å². The van der Waals surface area contributed by atoms with Crippen LogP contribution in [0.1, 0.15) is 34.6 Å². The number of aromatic nitrogens is 1. The zero-order chi connectivity index (χ0) is 15.5. The number of carbonyl (C=O) groups is 1. The van der Waals surface area contributed by atoms with Gasteiger partial charge in [-0.3, -0.25) is 0 Å². The monoisotopic (exact) mass is 307 g/mol. The number of aryl methyl sites for hydroxylation is 1. The summed E-state index contributed by atoms with van der Waals surface area (Å²) in [5.41, 5.74) is 1.61. The predicted molar refractivity (Wildman–Crippen MR) is 78.6 cm³/mol. The van der Waals surface area contributed by atoms with Crippen molar-refractivity contribution in [1.29, 1.82) is 0 Å². The van der Waals surface area contributed by atoms with Crippen molar-refractivity contribution >= 4 is 15.8 Å². The summed E-state index contributed by atoms with van der Waals surface area (Å²) in [5.74, 6) is 6.10. The largest absolute Gasteiger partial charge is 0.464 e. The van der Waals surface area contributed by atoms with Crippen LogP contribution in [0.3, 0.4) is 0 Å². The molecule has 0 atom stereocenters. The van der Waals surface area contributed by atoms with Crippen molar-refractivity contribution < 1.29 is 17.9 Å². The van der Waals surface area contributed by atoms with E-state index in [0.717, 1.165) is 0 Å². The van der Waals surface area contributed by atoms with Crippen LogP contribution in [0.25, 0.3) is 0 Å². The number of pyridine rings is 1. The lowest BCUT2D eigenvalue weighted by Gasteiger charge is -2.16. The lowest BCUT2D eigenvalue weighted by atomic mass is 10.0. The van der Waals surface area contributed by atoms with Crippen LogP contribution in [0.5, 0.6) is 0 Å². The van der Waals surface area contributed by atoms with Gasteiger partial charge < -0.3 is 4.74 Å². The Morgan fingerprint density at radius 2 is 2.00 bits per heavy atom. The maximum absolute atomic E-state index is 11.5. The summed E-state index contributed by atoms with van der Waals surface area (Å²) in [5, 5.41) is 0. The topological polar surface area (TPSA) is 73.3 Å². The molecular weight excluding hydrogens is 290 g/mol. The van der Waals surface area contributed by atoms with Crippen LogP contribution >= 0.6 is 0 Å². The maximum Gasteiger partial charge on any atom is 0.356 e. The Kier molecular flexibility index (Phi) is 4.63. The second-order valence-corrected chi connectivity index (χ2v) is 7.37. The van der Waals surface area contributed by atoms with Crippen molar-refractivity contribution in [3.63, 3.8) is 0 Å². The van der Waals surface area contributed by atoms with Crippen LogP contribution in [0.4, 0.5) is 0 Å². The number of hydrogen-bond donors (Lipinski definition) is 0. The molecule has 1 saturated heterocycles. The predicted octanol–water partition coefficient (Wildman–Crippen LogP) is 1.35. The average molecular weight is 307 g/mol. The molecule has 0 bridgehead atoms. The molecule has 5 nitrogen and oxygen atoms in total. The average Bonchev–Trinajstić information content (AvgIpc) is 2.44. The van der Waals surface area contributed by atoms with Crippen molar-refractivity contribution in [2.75, 3.05) is 18.6 Å². The van der Waals surface area contributed by atoms with Gasteiger partial charge in [0, 0.05) is 17.2 Å². The maximum atomic E-state index is 11.5. The minimum Gasteiger partial charge on any atom is -0.464 e. The first kappa shape index (κ1) is 15.5. The van der Waals surface area contributed by atoms with Gasteiger partial charge >= 0.3 is 5.97 Å². The summed E-state index contributed by atoms with van der Waals surface area (Å²) in [4.78, 5) is 15.6. The molecule has 1 aromatic rings. The van der Waals surface area contributed by atoms with Crippen molar-refractivity contribution in [3.05, 3.63) is 29.1 Å². The number of sulfone groups is 1. The van der Waals surface area contributed by atoms with Crippen molar-refractivity contribution in [1.82, 2.24) is 4.98 Å². The van der Waals surface area contributed by atoms with Gasteiger partial charge in [0.25, 0.3) is 0 Å². The number of nitrogens with zero attached hydrogens (tertiary/aromatic N) is 1. The van der Waals surface area contributed by atoms with Crippen molar-refractivity contribution in [3.8, 4) is 11.8 Å². The van der Waals surface area contributed by atoms with E-state index in [0.29, 0.717) is 24.1 Å². The standard InChI is InChI=1S/C15H17NO4S/c1-11-9-13(10-14(16-11)15(17)20-2)4-3-12-5-7-21(18,19)8-6-12/h9-10,12H,5-8H2,1-2H3. The number of esters is 1. The highest BCUT2D eigenvalue weighted by molar-refractivity contribution is 7.91. The Labute approximate surface area is 124 Å². The third kappa shape index (κ3) is 4.30. The molecule has 21 heavy (non-hydrogen) atoms. The third-order valence-electron chi connectivity index (χ3n) is 3.32. The molecule has 0 spiro atoms. The zero-order valence-corrected chi connectivity index (χ0v) is 12.9. The Morgan fingerprint density at radius 1 is 1.33 bits per heavy atom. The fourth-order valence-corrected chi connectivity index (χ4v) is 3.66. The van der Waals surface area contributed by atoms with Gasteiger partial charge in [-0.1, -0.05) is 11.8 Å². The van der Waals surface area contributed by atoms with E-state index in [2.05, 4.69) is 21.6 Å². The molecule has 0 N–H and O–H groups in total. The van der Waals surface area contributed by atoms with E-state index >= 15 is 0 Å². The van der Waals surface area contributed by atoms with Gasteiger partial charge in [0.05, 0.1) is 18.6 Å². The SMILES string of the molecule is COC(=O)c1cc(C#CC2CCS(=O)(=O)CC2)cc(C)n1. The molecule has 2 heterocycles. The summed E-state index contributed by atoms with van der Waals surface area (Å²) in [6.07, 6.45) is 1.15. The number of ether oxygens (including phenoxy) is 1. The highest BCUT2D eigenvalue weighted by Gasteiger charge is 2.22. The van der Waals surface area contributed by atoms with Gasteiger partial charge in [-0.25, -0.2) is 18.2 Å². The number of methoxy groups -OCH3 is 1. The van der Waals surface area contributed by atoms with Gasteiger partial charge in [-0.05, 0) is 31.9 Å². The van der Waals surface area contributed by atoms with Crippen LogP contribution < -0.4 is 0 Å². The van der Waals surface area contributed by atoms with Crippen molar-refractivity contribution in [2.45, 2.75) is 19.8 Å². The fraction of sp³-hybridized carbons (Fsp3) is 0.467. The molecule has 1 aliphatic heterocycles. The van der Waals surface area contributed by atoms with Gasteiger partial charge in [0.15, 0.2) is 0 Å². The molecule has 2 rings (SSSR count). The Hall–Kier alpha value is -1.87. The minimum absolute atomic E-state index is 0.0866. The van der Waals surface area contributed by atoms with Gasteiger partial charge in [-0.15, -0.1) is 0 Å². The van der Waals surface area contributed by atoms with E-state index in [9.17, 15) is 13.2 Å². The highest BCUT2D eigenvalue weighted by atomic mass is 32.2. The molecule has 0 amide bonds. The molecule has 0 aromatic carbocycles. The van der Waals surface area contributed by atoms with E-state index in [1.807, 2.05) is 0 Å². The molecule has 0 radical (unpaired) electrons. The van der Waals surface area contributed by atoms with Crippen molar-refractivity contribution in [2.24, 2.45) is 5.92 Å². The lowest BCUT2D eigenvalue weighted by Crippen LogP contribution is -2.22. The van der Waals surface area contributed by atoms with Gasteiger partial charge in [0.1, 0.15) is 15.5 Å². The van der Waals surface area contributed by atoms with E-state index in [-0.39, 0.29) is 23.1 Å². The molecule has 112 valence electrons. The first-order valence-electron chi connectivity index (χ1n) is 6.68. The fourth-order valence-electron chi connectivity index (χ4n) is 2.17. The normalized spacial score (nSPS) is 17.6. The summed E-state index contributed by atoms with van der Waals surface area (Å²) in [6.45, 7) is 1.78. The molecular formula is C15H17NO4S. The molecule has 1 aliphatic rings. The number of hydrogen-bond acceptors (Lipinski definition) is 5. The molecule has 0 unspecified atom stereocenters. The van der Waals surface area contributed by atoms with Gasteiger partial charge in [0.2, 0.25) is 0 Å². The Balaban J connectivity index is 2.15. The van der Waals surface area contributed by atoms with E-state index in [1.165, 1.54) is 7.11 Å². The van der Waals surface area contributed by atoms with E-state index in [1.54, 1.807) is 19.1 Å². The van der Waals surface area contributed by atoms with Gasteiger partial charge in [-0.2, -0.15) is 0 Å². The number of carbonyl (C=O) groups excluding carboxylic acids is 1.